The maximum atomic E-state index is 4.49. The molecule has 1 aromatic heterocycles. The highest BCUT2D eigenvalue weighted by Crippen LogP contribution is 2.26. The molecule has 0 aliphatic heterocycles. The van der Waals surface area contributed by atoms with Gasteiger partial charge in [-0.15, -0.1) is 11.8 Å². The summed E-state index contributed by atoms with van der Waals surface area (Å²) in [4.78, 5) is 1.27. The number of nitrogens with one attached hydrogen (secondary N) is 1. The Morgan fingerprint density at radius 3 is 2.89 bits per heavy atom. The summed E-state index contributed by atoms with van der Waals surface area (Å²) in [7, 11) is 1.95. The lowest BCUT2D eigenvalue weighted by molar-refractivity contribution is 0.578. The first-order valence-corrected chi connectivity index (χ1v) is 8.08. The number of halogens is 1. The summed E-state index contributed by atoms with van der Waals surface area (Å²) in [5, 5.41) is 7.98. The van der Waals surface area contributed by atoms with Gasteiger partial charge in [-0.2, -0.15) is 5.10 Å². The van der Waals surface area contributed by atoms with Crippen LogP contribution >= 0.6 is 27.7 Å². The maximum absolute atomic E-state index is 4.49. The molecule has 0 aliphatic rings. The van der Waals surface area contributed by atoms with Gasteiger partial charge in [0.05, 0.1) is 11.7 Å². The molecule has 102 valence electrons. The average molecular weight is 340 g/mol. The van der Waals surface area contributed by atoms with Gasteiger partial charge >= 0.3 is 0 Å². The summed E-state index contributed by atoms with van der Waals surface area (Å²) in [5.74, 6) is 0.974. The second-order valence-electron chi connectivity index (χ2n) is 4.29. The van der Waals surface area contributed by atoms with E-state index in [1.165, 1.54) is 4.90 Å². The highest BCUT2D eigenvalue weighted by atomic mass is 79.9. The Balaban J connectivity index is 2.01. The van der Waals surface area contributed by atoms with Crippen LogP contribution in [-0.2, 0) is 7.05 Å². The van der Waals surface area contributed by atoms with Gasteiger partial charge in [-0.25, -0.2) is 0 Å². The second-order valence-corrected chi connectivity index (χ2v) is 6.30. The Hall–Kier alpha value is -0.780. The molecule has 1 unspecified atom stereocenters. The molecule has 0 saturated carbocycles. The highest BCUT2D eigenvalue weighted by Gasteiger charge is 2.13. The normalized spacial score (nSPS) is 12.6. The molecule has 5 heteroatoms. The van der Waals surface area contributed by atoms with Gasteiger partial charge in [0, 0.05) is 28.4 Å². The predicted molar refractivity (Wildman–Crippen MR) is 84.5 cm³/mol. The van der Waals surface area contributed by atoms with Crippen molar-refractivity contribution in [1.29, 1.82) is 0 Å². The molecule has 0 spiro atoms. The number of aryl methyl sites for hydroxylation is 1. The minimum absolute atomic E-state index is 0.287. The second kappa shape index (κ2) is 7.12. The number of hydrogen-bond acceptors (Lipinski definition) is 3. The van der Waals surface area contributed by atoms with E-state index in [4.69, 9.17) is 0 Å². The Morgan fingerprint density at radius 2 is 2.26 bits per heavy atom. The van der Waals surface area contributed by atoms with Gasteiger partial charge in [0.25, 0.3) is 0 Å². The maximum Gasteiger partial charge on any atom is 0.0802 e. The van der Waals surface area contributed by atoms with Crippen LogP contribution in [0.15, 0.2) is 45.9 Å². The van der Waals surface area contributed by atoms with Gasteiger partial charge in [-0.05, 0) is 30.8 Å². The molecule has 1 atom stereocenters. The van der Waals surface area contributed by atoms with Crippen molar-refractivity contribution in [3.63, 3.8) is 0 Å². The van der Waals surface area contributed by atoms with Gasteiger partial charge in [-0.1, -0.05) is 28.9 Å². The standard InChI is InChI=1S/C14H18BrN3S/c1-3-16-14(13-7-8-18(2)17-13)10-19-12-6-4-5-11(15)9-12/h4-9,14,16H,3,10H2,1-2H3. The van der Waals surface area contributed by atoms with Crippen molar-refractivity contribution < 1.29 is 0 Å². The zero-order valence-corrected chi connectivity index (χ0v) is 13.5. The zero-order chi connectivity index (χ0) is 13.7. The lowest BCUT2D eigenvalue weighted by Crippen LogP contribution is -2.23. The topological polar surface area (TPSA) is 29.9 Å². The third-order valence-corrected chi connectivity index (χ3v) is 4.34. The zero-order valence-electron chi connectivity index (χ0n) is 11.1. The Kier molecular flexibility index (Phi) is 5.48. The fourth-order valence-corrected chi connectivity index (χ4v) is 3.43. The van der Waals surface area contributed by atoms with Crippen LogP contribution in [0.3, 0.4) is 0 Å². The Bertz CT molecular complexity index is 527. The number of hydrogen-bond donors (Lipinski definition) is 1. The van der Waals surface area contributed by atoms with Crippen LogP contribution in [0.25, 0.3) is 0 Å². The fourth-order valence-electron chi connectivity index (χ4n) is 1.85. The molecule has 0 amide bonds. The van der Waals surface area contributed by atoms with Crippen LogP contribution in [-0.4, -0.2) is 22.1 Å². The van der Waals surface area contributed by atoms with Crippen molar-refractivity contribution in [3.05, 3.63) is 46.7 Å². The molecule has 1 heterocycles. The van der Waals surface area contributed by atoms with E-state index < -0.39 is 0 Å². The molecule has 1 aromatic carbocycles. The van der Waals surface area contributed by atoms with E-state index in [-0.39, 0.29) is 6.04 Å². The van der Waals surface area contributed by atoms with E-state index in [0.717, 1.165) is 22.5 Å². The van der Waals surface area contributed by atoms with Crippen molar-refractivity contribution in [2.75, 3.05) is 12.3 Å². The summed E-state index contributed by atoms with van der Waals surface area (Å²) in [6.45, 7) is 3.07. The van der Waals surface area contributed by atoms with Gasteiger partial charge in [0.15, 0.2) is 0 Å². The fraction of sp³-hybridized carbons (Fsp3) is 0.357. The summed E-state index contributed by atoms with van der Waals surface area (Å²) in [6, 6.07) is 10.8. The quantitative estimate of drug-likeness (QED) is 0.815. The molecule has 2 rings (SSSR count). The van der Waals surface area contributed by atoms with Crippen LogP contribution in [0.1, 0.15) is 18.7 Å². The van der Waals surface area contributed by atoms with Gasteiger partial charge < -0.3 is 5.32 Å². The molecule has 0 fully saturated rings. The third-order valence-electron chi connectivity index (χ3n) is 2.75. The van der Waals surface area contributed by atoms with Gasteiger partial charge in [0.1, 0.15) is 0 Å². The molecular weight excluding hydrogens is 322 g/mol. The van der Waals surface area contributed by atoms with E-state index in [0.29, 0.717) is 0 Å². The van der Waals surface area contributed by atoms with Crippen LogP contribution in [0.2, 0.25) is 0 Å². The smallest absolute Gasteiger partial charge is 0.0802 e. The highest BCUT2D eigenvalue weighted by molar-refractivity contribution is 9.10. The molecule has 19 heavy (non-hydrogen) atoms. The number of thioether (sulfide) groups is 1. The largest absolute Gasteiger partial charge is 0.308 e. The van der Waals surface area contributed by atoms with Crippen molar-refractivity contribution in [2.45, 2.75) is 17.9 Å². The molecule has 0 aliphatic carbocycles. The monoisotopic (exact) mass is 339 g/mol. The average Bonchev–Trinajstić information content (AvgIpc) is 2.81. The van der Waals surface area contributed by atoms with Crippen molar-refractivity contribution in [1.82, 2.24) is 15.1 Å². The lowest BCUT2D eigenvalue weighted by atomic mass is 10.2. The van der Waals surface area contributed by atoms with E-state index in [2.05, 4.69) is 57.5 Å². The minimum atomic E-state index is 0.287. The number of nitrogens with zero attached hydrogens (tertiary/aromatic N) is 2. The molecule has 2 aromatic rings. The molecule has 0 bridgehead atoms. The van der Waals surface area contributed by atoms with Crippen molar-refractivity contribution in [3.8, 4) is 0 Å². The van der Waals surface area contributed by atoms with Crippen LogP contribution in [0, 0.1) is 0 Å². The van der Waals surface area contributed by atoms with E-state index in [1.54, 1.807) is 0 Å². The van der Waals surface area contributed by atoms with Gasteiger partial charge in [-0.3, -0.25) is 4.68 Å². The summed E-state index contributed by atoms with van der Waals surface area (Å²) in [5.41, 5.74) is 1.10. The first kappa shape index (κ1) is 14.6. The van der Waals surface area contributed by atoms with Crippen LogP contribution < -0.4 is 5.32 Å². The first-order chi connectivity index (χ1) is 9.19. The summed E-state index contributed by atoms with van der Waals surface area (Å²) >= 11 is 5.35. The third kappa shape index (κ3) is 4.37. The van der Waals surface area contributed by atoms with Crippen LogP contribution in [0.4, 0.5) is 0 Å². The molecule has 0 radical (unpaired) electrons. The summed E-state index contributed by atoms with van der Waals surface area (Å²) < 4.78 is 2.97. The number of benzene rings is 1. The van der Waals surface area contributed by atoms with Crippen molar-refractivity contribution in [2.24, 2.45) is 7.05 Å². The van der Waals surface area contributed by atoms with E-state index >= 15 is 0 Å². The lowest BCUT2D eigenvalue weighted by Gasteiger charge is -2.15. The Labute approximate surface area is 126 Å². The molecule has 1 N–H and O–H groups in total. The van der Waals surface area contributed by atoms with E-state index in [9.17, 15) is 0 Å². The van der Waals surface area contributed by atoms with Gasteiger partial charge in [0.2, 0.25) is 0 Å². The summed E-state index contributed by atoms with van der Waals surface area (Å²) in [6.07, 6.45) is 1.99. The molecular formula is C14H18BrN3S. The first-order valence-electron chi connectivity index (χ1n) is 6.30. The Morgan fingerprint density at radius 1 is 1.42 bits per heavy atom. The van der Waals surface area contributed by atoms with E-state index in [1.807, 2.05) is 35.8 Å². The van der Waals surface area contributed by atoms with Crippen LogP contribution in [0.5, 0.6) is 0 Å². The minimum Gasteiger partial charge on any atom is -0.308 e. The number of rotatable bonds is 6. The predicted octanol–water partition coefficient (Wildman–Crippen LogP) is 3.63. The molecule has 0 saturated heterocycles. The van der Waals surface area contributed by atoms with Crippen molar-refractivity contribution >= 4 is 27.7 Å². The molecule has 3 nitrogen and oxygen atoms in total. The SMILES string of the molecule is CCNC(CSc1cccc(Br)c1)c1ccn(C)n1. The number of aromatic nitrogens is 2.